The van der Waals surface area contributed by atoms with Crippen molar-refractivity contribution in [3.63, 3.8) is 0 Å². The minimum atomic E-state index is 0.651. The highest BCUT2D eigenvalue weighted by molar-refractivity contribution is 7.71. The Labute approximate surface area is 70.4 Å². The van der Waals surface area contributed by atoms with Crippen LogP contribution >= 0.6 is 12.2 Å². The van der Waals surface area contributed by atoms with Gasteiger partial charge in [0.25, 0.3) is 0 Å². The zero-order valence-corrected chi connectivity index (χ0v) is 7.32. The smallest absolute Gasteiger partial charge is 0.215 e. The fraction of sp³-hybridized carbons (Fsp3) is 0.714. The quantitative estimate of drug-likeness (QED) is 0.650. The van der Waals surface area contributed by atoms with E-state index in [0.717, 1.165) is 5.82 Å². The number of nitrogens with one attached hydrogen (secondary N) is 1. The maximum absolute atomic E-state index is 4.99. The lowest BCUT2D eigenvalue weighted by Gasteiger charge is -2.22. The molecular weight excluding hydrogens is 158 g/mol. The molecule has 4 heteroatoms. The van der Waals surface area contributed by atoms with Crippen LogP contribution in [0.15, 0.2) is 0 Å². The summed E-state index contributed by atoms with van der Waals surface area (Å²) < 4.78 is 2.45. The molecule has 1 fully saturated rings. The fourth-order valence-electron chi connectivity index (χ4n) is 1.29. The monoisotopic (exact) mass is 169 g/mol. The molecule has 0 radical (unpaired) electrons. The molecule has 0 amide bonds. The first-order valence-electron chi connectivity index (χ1n) is 3.90. The van der Waals surface area contributed by atoms with E-state index in [2.05, 4.69) is 10.1 Å². The van der Waals surface area contributed by atoms with Crippen LogP contribution in [0.4, 0.5) is 0 Å². The predicted octanol–water partition coefficient (Wildman–Crippen LogP) is 1.75. The third-order valence-electron chi connectivity index (χ3n) is 2.28. The highest BCUT2D eigenvalue weighted by Crippen LogP contribution is 2.33. The van der Waals surface area contributed by atoms with Crippen molar-refractivity contribution in [2.75, 3.05) is 0 Å². The van der Waals surface area contributed by atoms with Crippen molar-refractivity contribution in [3.8, 4) is 0 Å². The molecule has 3 nitrogen and oxygen atoms in total. The van der Waals surface area contributed by atoms with Gasteiger partial charge in [0.15, 0.2) is 0 Å². The Morgan fingerprint density at radius 2 is 2.36 bits per heavy atom. The van der Waals surface area contributed by atoms with Gasteiger partial charge in [0.2, 0.25) is 4.77 Å². The lowest BCUT2D eigenvalue weighted by atomic mass is 9.85. The van der Waals surface area contributed by atoms with Crippen LogP contribution in [-0.2, 0) is 7.05 Å². The van der Waals surface area contributed by atoms with Crippen LogP contribution in [0.5, 0.6) is 0 Å². The Morgan fingerprint density at radius 1 is 1.64 bits per heavy atom. The topological polar surface area (TPSA) is 33.6 Å². The number of aryl methyl sites for hydroxylation is 1. The number of aromatic amines is 1. The van der Waals surface area contributed by atoms with E-state index in [9.17, 15) is 0 Å². The van der Waals surface area contributed by atoms with Gasteiger partial charge >= 0.3 is 0 Å². The van der Waals surface area contributed by atoms with Crippen LogP contribution in [0.2, 0.25) is 0 Å². The highest BCUT2D eigenvalue weighted by atomic mass is 32.1. The predicted molar refractivity (Wildman–Crippen MR) is 45.0 cm³/mol. The molecule has 1 aromatic rings. The summed E-state index contributed by atoms with van der Waals surface area (Å²) in [4.78, 5) is 4.25. The first-order valence-corrected chi connectivity index (χ1v) is 4.31. The molecule has 1 N–H and O–H groups in total. The molecule has 1 saturated carbocycles. The second kappa shape index (κ2) is 2.44. The van der Waals surface area contributed by atoms with Gasteiger partial charge in [0, 0.05) is 13.0 Å². The summed E-state index contributed by atoms with van der Waals surface area (Å²) >= 11 is 4.99. The van der Waals surface area contributed by atoms with E-state index >= 15 is 0 Å². The standard InChI is InChI=1S/C7H11N3S/c1-10-7(11)8-6(9-10)5-3-2-4-5/h5H,2-4H2,1H3,(H,8,9,11). The number of H-pyrrole nitrogens is 1. The van der Waals surface area contributed by atoms with Gasteiger partial charge in [-0.1, -0.05) is 6.42 Å². The van der Waals surface area contributed by atoms with Crippen LogP contribution in [0, 0.1) is 4.77 Å². The third-order valence-corrected chi connectivity index (χ3v) is 2.64. The molecule has 1 aliphatic carbocycles. The summed E-state index contributed by atoms with van der Waals surface area (Å²) in [6, 6.07) is 0. The number of hydrogen-bond donors (Lipinski definition) is 1. The molecule has 0 aliphatic heterocycles. The van der Waals surface area contributed by atoms with Crippen LogP contribution in [0.3, 0.4) is 0 Å². The van der Waals surface area contributed by atoms with Crippen LogP contribution in [0.1, 0.15) is 31.0 Å². The molecule has 60 valence electrons. The first kappa shape index (κ1) is 7.03. The van der Waals surface area contributed by atoms with Gasteiger partial charge in [0.1, 0.15) is 5.82 Å². The van der Waals surface area contributed by atoms with Crippen LogP contribution in [-0.4, -0.2) is 14.8 Å². The van der Waals surface area contributed by atoms with E-state index in [1.165, 1.54) is 19.3 Å². The summed E-state index contributed by atoms with van der Waals surface area (Å²) in [5, 5.41) is 3.15. The number of rotatable bonds is 1. The van der Waals surface area contributed by atoms with Crippen molar-refractivity contribution in [2.24, 2.45) is 7.05 Å². The van der Waals surface area contributed by atoms with E-state index in [1.807, 2.05) is 7.05 Å². The molecule has 1 aliphatic rings. The van der Waals surface area contributed by atoms with Crippen LogP contribution < -0.4 is 0 Å². The van der Waals surface area contributed by atoms with E-state index < -0.39 is 0 Å². The summed E-state index contributed by atoms with van der Waals surface area (Å²) in [6.07, 6.45) is 3.87. The molecule has 0 spiro atoms. The highest BCUT2D eigenvalue weighted by Gasteiger charge is 2.22. The largest absolute Gasteiger partial charge is 0.283 e. The lowest BCUT2D eigenvalue weighted by molar-refractivity contribution is 0.400. The van der Waals surface area contributed by atoms with Gasteiger partial charge in [-0.2, -0.15) is 0 Å². The molecule has 11 heavy (non-hydrogen) atoms. The molecule has 0 saturated heterocycles. The van der Waals surface area contributed by atoms with Gasteiger partial charge in [0.05, 0.1) is 0 Å². The van der Waals surface area contributed by atoms with E-state index in [1.54, 1.807) is 4.68 Å². The van der Waals surface area contributed by atoms with Gasteiger partial charge in [-0.05, 0) is 25.1 Å². The zero-order chi connectivity index (χ0) is 7.84. The van der Waals surface area contributed by atoms with Crippen molar-refractivity contribution in [1.29, 1.82) is 0 Å². The van der Waals surface area contributed by atoms with Crippen molar-refractivity contribution < 1.29 is 0 Å². The SMILES string of the molecule is Cn1[nH]c(C2CCC2)nc1=S. The molecule has 1 aromatic heterocycles. The Balaban J connectivity index is 2.31. The summed E-state index contributed by atoms with van der Waals surface area (Å²) in [7, 11) is 1.90. The molecule has 1 heterocycles. The van der Waals surface area contributed by atoms with E-state index in [-0.39, 0.29) is 0 Å². The average molecular weight is 169 g/mol. The minimum absolute atomic E-state index is 0.651. The maximum atomic E-state index is 4.99. The first-order chi connectivity index (χ1) is 5.27. The average Bonchev–Trinajstić information content (AvgIpc) is 2.08. The second-order valence-electron chi connectivity index (χ2n) is 3.08. The second-order valence-corrected chi connectivity index (χ2v) is 3.44. The van der Waals surface area contributed by atoms with Crippen molar-refractivity contribution >= 4 is 12.2 Å². The van der Waals surface area contributed by atoms with Crippen molar-refractivity contribution in [1.82, 2.24) is 14.8 Å². The van der Waals surface area contributed by atoms with Gasteiger partial charge in [-0.25, -0.2) is 4.98 Å². The Kier molecular flexibility index (Phi) is 1.56. The van der Waals surface area contributed by atoms with Gasteiger partial charge in [-0.15, -0.1) is 0 Å². The maximum Gasteiger partial charge on any atom is 0.215 e. The molecule has 0 aromatic carbocycles. The van der Waals surface area contributed by atoms with E-state index in [4.69, 9.17) is 12.2 Å². The Hall–Kier alpha value is -0.640. The lowest BCUT2D eigenvalue weighted by Crippen LogP contribution is -2.10. The third kappa shape index (κ3) is 1.11. The Morgan fingerprint density at radius 3 is 2.73 bits per heavy atom. The number of hydrogen-bond acceptors (Lipinski definition) is 2. The fourth-order valence-corrected chi connectivity index (χ4v) is 1.43. The minimum Gasteiger partial charge on any atom is -0.283 e. The van der Waals surface area contributed by atoms with Crippen molar-refractivity contribution in [2.45, 2.75) is 25.2 Å². The molecule has 0 unspecified atom stereocenters. The normalized spacial score (nSPS) is 18.3. The van der Waals surface area contributed by atoms with Crippen LogP contribution in [0.25, 0.3) is 0 Å². The molecular formula is C7H11N3S. The summed E-state index contributed by atoms with van der Waals surface area (Å²) in [6.45, 7) is 0. The van der Waals surface area contributed by atoms with E-state index in [0.29, 0.717) is 10.7 Å². The zero-order valence-electron chi connectivity index (χ0n) is 6.50. The van der Waals surface area contributed by atoms with Gasteiger partial charge < -0.3 is 0 Å². The number of aromatic nitrogens is 3. The molecule has 0 bridgehead atoms. The summed E-state index contributed by atoms with van der Waals surface area (Å²) in [5.41, 5.74) is 0. The molecule has 0 atom stereocenters. The number of nitrogens with zero attached hydrogens (tertiary/aromatic N) is 2. The van der Waals surface area contributed by atoms with Gasteiger partial charge in [-0.3, -0.25) is 9.78 Å². The molecule has 2 rings (SSSR count). The van der Waals surface area contributed by atoms with Crippen molar-refractivity contribution in [3.05, 3.63) is 10.6 Å². The summed E-state index contributed by atoms with van der Waals surface area (Å²) in [5.74, 6) is 1.72. The Bertz CT molecular complexity index is 308.